The lowest BCUT2D eigenvalue weighted by atomic mass is 10.0. The number of nitrogens with one attached hydrogen (secondary N) is 1. The summed E-state index contributed by atoms with van der Waals surface area (Å²) >= 11 is 0. The molecule has 1 aromatic rings. The summed E-state index contributed by atoms with van der Waals surface area (Å²) < 4.78 is 0. The third-order valence-corrected chi connectivity index (χ3v) is 3.34. The zero-order valence-electron chi connectivity index (χ0n) is 9.69. The Morgan fingerprint density at radius 1 is 1.44 bits per heavy atom. The lowest BCUT2D eigenvalue weighted by Gasteiger charge is -2.39. The molecule has 4 nitrogen and oxygen atoms in total. The molecule has 2 N–H and O–H groups in total. The molecule has 2 atom stereocenters. The van der Waals surface area contributed by atoms with E-state index in [-0.39, 0.29) is 0 Å². The summed E-state index contributed by atoms with van der Waals surface area (Å²) in [5, 5.41) is 12.3. The predicted molar refractivity (Wildman–Crippen MR) is 64.4 cm³/mol. The van der Waals surface area contributed by atoms with E-state index in [9.17, 15) is 4.79 Å². The molecule has 2 unspecified atom stereocenters. The van der Waals surface area contributed by atoms with Crippen LogP contribution in [-0.4, -0.2) is 30.2 Å². The van der Waals surface area contributed by atoms with Gasteiger partial charge in [0, 0.05) is 19.1 Å². The first-order chi connectivity index (χ1) is 7.50. The molecule has 0 fully saturated rings. The lowest BCUT2D eigenvalue weighted by Crippen LogP contribution is -2.45. The molecule has 1 aliphatic heterocycles. The number of anilines is 2. The van der Waals surface area contributed by atoms with Crippen molar-refractivity contribution in [2.24, 2.45) is 0 Å². The number of fused-ring (bicyclic) bond motifs is 1. The van der Waals surface area contributed by atoms with Gasteiger partial charge in [-0.15, -0.1) is 0 Å². The molecule has 0 spiro atoms. The molecule has 1 aromatic carbocycles. The van der Waals surface area contributed by atoms with E-state index in [1.165, 1.54) is 0 Å². The molecule has 0 saturated carbocycles. The van der Waals surface area contributed by atoms with Crippen molar-refractivity contribution in [2.75, 3.05) is 17.3 Å². The molecular weight excluding hydrogens is 204 g/mol. The second-order valence-corrected chi connectivity index (χ2v) is 4.32. The highest BCUT2D eigenvalue weighted by atomic mass is 16.4. The molecule has 1 aliphatic rings. The van der Waals surface area contributed by atoms with E-state index in [0.29, 0.717) is 17.6 Å². The minimum Gasteiger partial charge on any atom is -0.478 e. The zero-order valence-corrected chi connectivity index (χ0v) is 9.69. The fourth-order valence-electron chi connectivity index (χ4n) is 2.01. The summed E-state index contributed by atoms with van der Waals surface area (Å²) in [6.07, 6.45) is 0. The highest BCUT2D eigenvalue weighted by Gasteiger charge is 2.25. The smallest absolute Gasteiger partial charge is 0.335 e. The average molecular weight is 220 g/mol. The first-order valence-electron chi connectivity index (χ1n) is 5.37. The van der Waals surface area contributed by atoms with Gasteiger partial charge in [-0.2, -0.15) is 0 Å². The van der Waals surface area contributed by atoms with Gasteiger partial charge >= 0.3 is 5.97 Å². The summed E-state index contributed by atoms with van der Waals surface area (Å²) in [7, 11) is 2.03. The van der Waals surface area contributed by atoms with Gasteiger partial charge in [0.15, 0.2) is 0 Å². The third-order valence-electron chi connectivity index (χ3n) is 3.34. The molecule has 0 bridgehead atoms. The Bertz CT molecular complexity index is 431. The summed E-state index contributed by atoms with van der Waals surface area (Å²) in [6.45, 7) is 4.24. The lowest BCUT2D eigenvalue weighted by molar-refractivity contribution is 0.0697. The van der Waals surface area contributed by atoms with Gasteiger partial charge in [-0.05, 0) is 32.0 Å². The maximum atomic E-state index is 10.9. The Kier molecular flexibility index (Phi) is 2.50. The number of hydrogen-bond donors (Lipinski definition) is 2. The summed E-state index contributed by atoms with van der Waals surface area (Å²) in [5.41, 5.74) is 2.27. The van der Waals surface area contributed by atoms with Crippen molar-refractivity contribution in [3.05, 3.63) is 23.8 Å². The van der Waals surface area contributed by atoms with Crippen molar-refractivity contribution in [1.29, 1.82) is 0 Å². The van der Waals surface area contributed by atoms with Crippen LogP contribution in [-0.2, 0) is 0 Å². The van der Waals surface area contributed by atoms with Crippen molar-refractivity contribution in [1.82, 2.24) is 0 Å². The summed E-state index contributed by atoms with van der Waals surface area (Å²) in [4.78, 5) is 13.0. The highest BCUT2D eigenvalue weighted by Crippen LogP contribution is 2.33. The van der Waals surface area contributed by atoms with Crippen LogP contribution in [0.25, 0.3) is 0 Å². The van der Waals surface area contributed by atoms with Crippen molar-refractivity contribution >= 4 is 17.3 Å². The molecule has 4 heteroatoms. The van der Waals surface area contributed by atoms with Gasteiger partial charge in [0.05, 0.1) is 16.9 Å². The first-order valence-corrected chi connectivity index (χ1v) is 5.37. The number of carboxylic acid groups (broad SMARTS) is 1. The van der Waals surface area contributed by atoms with Gasteiger partial charge < -0.3 is 15.3 Å². The monoisotopic (exact) mass is 220 g/mol. The van der Waals surface area contributed by atoms with E-state index in [1.54, 1.807) is 12.1 Å². The number of likely N-dealkylation sites (N-methyl/N-ethyl adjacent to an activating group) is 1. The van der Waals surface area contributed by atoms with Crippen LogP contribution in [0.3, 0.4) is 0 Å². The molecule has 0 saturated heterocycles. The molecular formula is C12H16N2O2. The van der Waals surface area contributed by atoms with Crippen molar-refractivity contribution in [3.8, 4) is 0 Å². The van der Waals surface area contributed by atoms with Crippen LogP contribution in [0.15, 0.2) is 18.2 Å². The van der Waals surface area contributed by atoms with E-state index in [1.807, 2.05) is 13.1 Å². The molecule has 0 aromatic heterocycles. The number of carboxylic acids is 1. The van der Waals surface area contributed by atoms with Crippen LogP contribution >= 0.6 is 0 Å². The Morgan fingerprint density at radius 3 is 2.75 bits per heavy atom. The average Bonchev–Trinajstić information content (AvgIpc) is 2.25. The number of aromatic carboxylic acids is 1. The molecule has 1 heterocycles. The van der Waals surface area contributed by atoms with E-state index in [4.69, 9.17) is 5.11 Å². The van der Waals surface area contributed by atoms with Crippen LogP contribution in [0.5, 0.6) is 0 Å². The largest absolute Gasteiger partial charge is 0.478 e. The van der Waals surface area contributed by atoms with Gasteiger partial charge in [-0.25, -0.2) is 4.79 Å². The van der Waals surface area contributed by atoms with E-state index < -0.39 is 5.97 Å². The van der Waals surface area contributed by atoms with Gasteiger partial charge in [0.25, 0.3) is 0 Å². The van der Waals surface area contributed by atoms with Crippen LogP contribution < -0.4 is 10.2 Å². The second-order valence-electron chi connectivity index (χ2n) is 4.32. The molecule has 2 rings (SSSR count). The Labute approximate surface area is 94.9 Å². The maximum absolute atomic E-state index is 10.9. The standard InChI is InChI=1S/C12H16N2O2/c1-7-8(2)14(3)11-5-4-9(12(15)16)6-10(11)13-7/h4-8,13H,1-3H3,(H,15,16). The minimum atomic E-state index is -0.890. The molecule has 0 amide bonds. The number of benzene rings is 1. The summed E-state index contributed by atoms with van der Waals surface area (Å²) in [5.74, 6) is -0.890. The molecule has 86 valence electrons. The topological polar surface area (TPSA) is 52.6 Å². The van der Waals surface area contributed by atoms with Crippen molar-refractivity contribution in [2.45, 2.75) is 25.9 Å². The predicted octanol–water partition coefficient (Wildman–Crippen LogP) is 2.02. The van der Waals surface area contributed by atoms with Crippen molar-refractivity contribution < 1.29 is 9.90 Å². The normalized spacial score (nSPS) is 23.6. The quantitative estimate of drug-likeness (QED) is 0.760. The number of nitrogens with zero attached hydrogens (tertiary/aromatic N) is 1. The number of rotatable bonds is 1. The van der Waals surface area contributed by atoms with Gasteiger partial charge in [0.1, 0.15) is 0 Å². The second kappa shape index (κ2) is 3.70. The van der Waals surface area contributed by atoms with Gasteiger partial charge in [-0.1, -0.05) is 0 Å². The zero-order chi connectivity index (χ0) is 11.9. The van der Waals surface area contributed by atoms with Crippen LogP contribution in [0.2, 0.25) is 0 Å². The minimum absolute atomic E-state index is 0.307. The molecule has 0 aliphatic carbocycles. The van der Waals surface area contributed by atoms with Crippen LogP contribution in [0.1, 0.15) is 24.2 Å². The Balaban J connectivity index is 2.45. The number of hydrogen-bond acceptors (Lipinski definition) is 3. The van der Waals surface area contributed by atoms with Crippen molar-refractivity contribution in [3.63, 3.8) is 0 Å². The third kappa shape index (κ3) is 1.60. The van der Waals surface area contributed by atoms with Gasteiger partial charge in [-0.3, -0.25) is 0 Å². The SMILES string of the molecule is CC1Nc2cc(C(=O)O)ccc2N(C)C1C. The Morgan fingerprint density at radius 2 is 2.12 bits per heavy atom. The number of carbonyl (C=O) groups is 1. The highest BCUT2D eigenvalue weighted by molar-refractivity contribution is 5.91. The molecule has 0 radical (unpaired) electrons. The van der Waals surface area contributed by atoms with E-state index in [0.717, 1.165) is 11.4 Å². The van der Waals surface area contributed by atoms with E-state index >= 15 is 0 Å². The fourth-order valence-corrected chi connectivity index (χ4v) is 2.01. The fraction of sp³-hybridized carbons (Fsp3) is 0.417. The molecule has 16 heavy (non-hydrogen) atoms. The first kappa shape index (κ1) is 10.8. The maximum Gasteiger partial charge on any atom is 0.335 e. The summed E-state index contributed by atoms with van der Waals surface area (Å²) in [6, 6.07) is 5.89. The van der Waals surface area contributed by atoms with E-state index in [2.05, 4.69) is 24.1 Å². The Hall–Kier alpha value is -1.71. The van der Waals surface area contributed by atoms with Crippen LogP contribution in [0, 0.1) is 0 Å². The van der Waals surface area contributed by atoms with Crippen LogP contribution in [0.4, 0.5) is 11.4 Å². The van der Waals surface area contributed by atoms with Gasteiger partial charge in [0.2, 0.25) is 0 Å².